The smallest absolute Gasteiger partial charge is 0.407 e. The van der Waals surface area contributed by atoms with Crippen LogP contribution >= 0.6 is 24.0 Å². The largest absolute Gasteiger partial charge is 0.444 e. The molecule has 9 nitrogen and oxygen atoms in total. The molecule has 0 saturated carbocycles. The minimum absolute atomic E-state index is 0. The summed E-state index contributed by atoms with van der Waals surface area (Å²) >= 11 is 0. The average molecular weight is 567 g/mol. The molecule has 31 heavy (non-hydrogen) atoms. The molecule has 1 fully saturated rings. The van der Waals surface area contributed by atoms with E-state index in [9.17, 15) is 13.2 Å². The van der Waals surface area contributed by atoms with Crippen molar-refractivity contribution >= 4 is 46.1 Å². The van der Waals surface area contributed by atoms with E-state index < -0.39 is 21.7 Å². The molecule has 3 N–H and O–H groups in total. The van der Waals surface area contributed by atoms with Crippen molar-refractivity contribution in [3.05, 3.63) is 29.8 Å². The Morgan fingerprint density at radius 1 is 1.26 bits per heavy atom. The molecule has 1 aromatic rings. The van der Waals surface area contributed by atoms with Crippen molar-refractivity contribution in [3.63, 3.8) is 0 Å². The van der Waals surface area contributed by atoms with Crippen LogP contribution in [0.5, 0.6) is 0 Å². The highest BCUT2D eigenvalue weighted by atomic mass is 127. The van der Waals surface area contributed by atoms with Crippen molar-refractivity contribution in [2.45, 2.75) is 57.2 Å². The fourth-order valence-electron chi connectivity index (χ4n) is 3.03. The number of hydrogen-bond donors (Lipinski definition) is 3. The Kier molecular flexibility index (Phi) is 10.5. The van der Waals surface area contributed by atoms with Gasteiger partial charge in [-0.3, -0.25) is 0 Å². The molecule has 2 rings (SSSR count). The molecule has 11 heteroatoms. The van der Waals surface area contributed by atoms with E-state index in [1.165, 1.54) is 7.05 Å². The van der Waals surface area contributed by atoms with Gasteiger partial charge in [-0.2, -0.15) is 0 Å². The predicted octanol–water partition coefficient (Wildman–Crippen LogP) is 2.28. The number of amides is 1. The summed E-state index contributed by atoms with van der Waals surface area (Å²) < 4.78 is 31.3. The van der Waals surface area contributed by atoms with E-state index in [2.05, 4.69) is 25.2 Å². The SMILES string of the molecule is CCNC(=NCc1ccc(S(=O)(=O)NC)cc1)N1CCC(NC(=O)OC(C)(C)C)C1.I. The van der Waals surface area contributed by atoms with E-state index in [1.807, 2.05) is 27.7 Å². The molecular formula is C20H34IN5O4S. The molecule has 0 radical (unpaired) electrons. The van der Waals surface area contributed by atoms with Crippen molar-refractivity contribution in [2.24, 2.45) is 4.99 Å². The van der Waals surface area contributed by atoms with Gasteiger partial charge in [-0.05, 0) is 58.9 Å². The van der Waals surface area contributed by atoms with Crippen molar-refractivity contribution in [1.29, 1.82) is 0 Å². The Morgan fingerprint density at radius 3 is 2.45 bits per heavy atom. The zero-order valence-electron chi connectivity index (χ0n) is 18.8. The lowest BCUT2D eigenvalue weighted by Gasteiger charge is -2.23. The monoisotopic (exact) mass is 567 g/mol. The molecule has 1 atom stereocenters. The normalized spacial score (nSPS) is 17.1. The number of aliphatic imine (C=N–C) groups is 1. The van der Waals surface area contributed by atoms with Gasteiger partial charge in [0, 0.05) is 19.6 Å². The minimum Gasteiger partial charge on any atom is -0.444 e. The van der Waals surface area contributed by atoms with E-state index in [1.54, 1.807) is 24.3 Å². The molecule has 0 spiro atoms. The van der Waals surface area contributed by atoms with Crippen LogP contribution in [0.4, 0.5) is 4.79 Å². The Labute approximate surface area is 202 Å². The third-order valence-corrected chi connectivity index (χ3v) is 5.89. The van der Waals surface area contributed by atoms with Gasteiger partial charge < -0.3 is 20.3 Å². The lowest BCUT2D eigenvalue weighted by molar-refractivity contribution is 0.0507. The number of ether oxygens (including phenoxy) is 1. The Balaban J connectivity index is 0.00000480. The molecule has 0 aromatic heterocycles. The Bertz CT molecular complexity index is 853. The van der Waals surface area contributed by atoms with Gasteiger partial charge in [0.15, 0.2) is 5.96 Å². The highest BCUT2D eigenvalue weighted by Crippen LogP contribution is 2.14. The molecule has 1 aromatic carbocycles. The van der Waals surface area contributed by atoms with Crippen molar-refractivity contribution in [3.8, 4) is 0 Å². The number of nitrogens with zero attached hydrogens (tertiary/aromatic N) is 2. The number of hydrogen-bond acceptors (Lipinski definition) is 5. The van der Waals surface area contributed by atoms with E-state index in [0.717, 1.165) is 31.0 Å². The van der Waals surface area contributed by atoms with Gasteiger partial charge in [-0.1, -0.05) is 12.1 Å². The van der Waals surface area contributed by atoms with Crippen LogP contribution in [0.3, 0.4) is 0 Å². The Morgan fingerprint density at radius 2 is 1.90 bits per heavy atom. The second-order valence-electron chi connectivity index (χ2n) is 8.10. The fourth-order valence-corrected chi connectivity index (χ4v) is 3.76. The Hall–Kier alpha value is -1.60. The van der Waals surface area contributed by atoms with Crippen LogP contribution in [0, 0.1) is 0 Å². The van der Waals surface area contributed by atoms with Crippen LogP contribution in [-0.2, 0) is 21.3 Å². The first-order valence-corrected chi connectivity index (χ1v) is 11.6. The van der Waals surface area contributed by atoms with Gasteiger partial charge in [0.1, 0.15) is 5.60 Å². The third-order valence-electron chi connectivity index (χ3n) is 4.46. The van der Waals surface area contributed by atoms with Crippen LogP contribution in [0.15, 0.2) is 34.2 Å². The summed E-state index contributed by atoms with van der Waals surface area (Å²) in [7, 11) is -2.06. The maximum atomic E-state index is 12.0. The summed E-state index contributed by atoms with van der Waals surface area (Å²) in [4.78, 5) is 19.0. The second-order valence-corrected chi connectivity index (χ2v) is 9.99. The van der Waals surface area contributed by atoms with Gasteiger partial charge in [-0.15, -0.1) is 24.0 Å². The topological polar surface area (TPSA) is 112 Å². The first-order chi connectivity index (χ1) is 14.0. The molecule has 1 heterocycles. The highest BCUT2D eigenvalue weighted by molar-refractivity contribution is 14.0. The summed E-state index contributed by atoms with van der Waals surface area (Å²) in [5.74, 6) is 0.762. The fraction of sp³-hybridized carbons (Fsp3) is 0.600. The summed E-state index contributed by atoms with van der Waals surface area (Å²) in [6.45, 7) is 10.1. The van der Waals surface area contributed by atoms with Gasteiger partial charge >= 0.3 is 6.09 Å². The maximum Gasteiger partial charge on any atom is 0.407 e. The van der Waals surface area contributed by atoms with Crippen molar-refractivity contribution in [2.75, 3.05) is 26.7 Å². The molecule has 1 aliphatic heterocycles. The zero-order chi connectivity index (χ0) is 22.4. The number of benzene rings is 1. The quantitative estimate of drug-likeness (QED) is 0.276. The number of rotatable bonds is 6. The standard InChI is InChI=1S/C20H33N5O4S.HI/c1-6-22-18(23-13-15-7-9-17(10-8-15)30(27,28)21-5)25-12-11-16(14-25)24-19(26)29-20(2,3)4;/h7-10,16,21H,6,11-14H2,1-5H3,(H,22,23)(H,24,26);1H. The highest BCUT2D eigenvalue weighted by Gasteiger charge is 2.27. The van der Waals surface area contributed by atoms with Crippen LogP contribution in [0.1, 0.15) is 39.7 Å². The number of carbonyl (C=O) groups is 1. The number of likely N-dealkylation sites (tertiary alicyclic amines) is 1. The van der Waals surface area contributed by atoms with Crippen molar-refractivity contribution < 1.29 is 17.9 Å². The minimum atomic E-state index is -3.45. The first kappa shape index (κ1) is 27.4. The number of carbonyl (C=O) groups excluding carboxylic acids is 1. The summed E-state index contributed by atoms with van der Waals surface area (Å²) in [5, 5.41) is 6.19. The van der Waals surface area contributed by atoms with Crippen LogP contribution in [0.2, 0.25) is 0 Å². The van der Waals surface area contributed by atoms with Crippen LogP contribution in [-0.4, -0.2) is 63.7 Å². The van der Waals surface area contributed by atoms with E-state index in [-0.39, 0.29) is 34.9 Å². The molecule has 0 aliphatic carbocycles. The van der Waals surface area contributed by atoms with E-state index in [4.69, 9.17) is 4.74 Å². The van der Waals surface area contributed by atoms with E-state index >= 15 is 0 Å². The van der Waals surface area contributed by atoms with Crippen LogP contribution in [0.25, 0.3) is 0 Å². The number of sulfonamides is 1. The van der Waals surface area contributed by atoms with Gasteiger partial charge in [0.2, 0.25) is 10.0 Å². The first-order valence-electron chi connectivity index (χ1n) is 10.1. The molecule has 1 unspecified atom stereocenters. The lowest BCUT2D eigenvalue weighted by atomic mass is 10.2. The van der Waals surface area contributed by atoms with Gasteiger partial charge in [-0.25, -0.2) is 22.9 Å². The molecule has 1 saturated heterocycles. The van der Waals surface area contributed by atoms with Gasteiger partial charge in [0.05, 0.1) is 17.5 Å². The number of halogens is 1. The van der Waals surface area contributed by atoms with Crippen molar-refractivity contribution in [1.82, 2.24) is 20.3 Å². The summed E-state index contributed by atoms with van der Waals surface area (Å²) in [5.41, 5.74) is 0.379. The zero-order valence-corrected chi connectivity index (χ0v) is 21.9. The maximum absolute atomic E-state index is 12.0. The van der Waals surface area contributed by atoms with Gasteiger partial charge in [0.25, 0.3) is 0 Å². The van der Waals surface area contributed by atoms with E-state index in [0.29, 0.717) is 13.1 Å². The molecule has 176 valence electrons. The number of alkyl carbamates (subject to hydrolysis) is 1. The molecule has 1 amide bonds. The predicted molar refractivity (Wildman–Crippen MR) is 132 cm³/mol. The number of nitrogens with one attached hydrogen (secondary N) is 3. The second kappa shape index (κ2) is 11.9. The lowest BCUT2D eigenvalue weighted by Crippen LogP contribution is -2.44. The molecule has 0 bridgehead atoms. The molecule has 1 aliphatic rings. The molecular weight excluding hydrogens is 533 g/mol. The number of guanidine groups is 1. The summed E-state index contributed by atoms with van der Waals surface area (Å²) in [6, 6.07) is 6.65. The third kappa shape index (κ3) is 8.81. The van der Waals surface area contributed by atoms with Crippen LogP contribution < -0.4 is 15.4 Å². The summed E-state index contributed by atoms with van der Waals surface area (Å²) in [6.07, 6.45) is 0.396. The average Bonchev–Trinajstić information content (AvgIpc) is 3.12.